The third-order valence-electron chi connectivity index (χ3n) is 5.35. The van der Waals surface area contributed by atoms with Gasteiger partial charge in [0.05, 0.1) is 11.0 Å². The Hall–Kier alpha value is -1.56. The Morgan fingerprint density at radius 3 is 2.48 bits per heavy atom. The summed E-state index contributed by atoms with van der Waals surface area (Å²) in [4.78, 5) is 14.1. The van der Waals surface area contributed by atoms with E-state index >= 15 is 0 Å². The molecule has 126 valence electrons. The summed E-state index contributed by atoms with van der Waals surface area (Å²) in [5, 5.41) is 2.56. The fourth-order valence-electron chi connectivity index (χ4n) is 3.45. The van der Waals surface area contributed by atoms with Crippen molar-refractivity contribution in [3.05, 3.63) is 35.9 Å². The van der Waals surface area contributed by atoms with E-state index in [1.807, 2.05) is 25.1 Å². The Bertz CT molecular complexity index is 668. The maximum absolute atomic E-state index is 12.4. The molecule has 6 heteroatoms. The molecule has 2 unspecified atom stereocenters. The first-order valence-electron chi connectivity index (χ1n) is 8.22. The normalized spacial score (nSPS) is 32.9. The lowest BCUT2D eigenvalue weighted by Gasteiger charge is -2.41. The number of carbonyl (C=O) groups is 1. The van der Waals surface area contributed by atoms with Gasteiger partial charge in [-0.1, -0.05) is 30.3 Å². The largest absolute Gasteiger partial charge is 0.335 e. The molecule has 0 bridgehead atoms. The average Bonchev–Trinajstić information content (AvgIpc) is 2.49. The molecule has 5 nitrogen and oxygen atoms in total. The van der Waals surface area contributed by atoms with Crippen molar-refractivity contribution in [3.63, 3.8) is 0 Å². The molecule has 0 radical (unpaired) electrons. The molecule has 1 saturated carbocycles. The van der Waals surface area contributed by atoms with Gasteiger partial charge >= 0.3 is 6.03 Å². The molecular weight excluding hydrogens is 312 g/mol. The molecule has 23 heavy (non-hydrogen) atoms. The van der Waals surface area contributed by atoms with E-state index < -0.39 is 15.1 Å². The van der Waals surface area contributed by atoms with Gasteiger partial charge in [0.25, 0.3) is 0 Å². The lowest BCUT2D eigenvalue weighted by molar-refractivity contribution is 0.165. The summed E-state index contributed by atoms with van der Waals surface area (Å²) in [6.07, 6.45) is 1.90. The number of nitrogens with zero attached hydrogens (tertiary/aromatic N) is 1. The second-order valence-corrected chi connectivity index (χ2v) is 9.21. The number of amides is 2. The van der Waals surface area contributed by atoms with E-state index in [0.717, 1.165) is 12.8 Å². The molecule has 1 aliphatic carbocycles. The Labute approximate surface area is 138 Å². The van der Waals surface area contributed by atoms with E-state index in [2.05, 4.69) is 17.4 Å². The minimum Gasteiger partial charge on any atom is -0.335 e. The molecule has 2 aliphatic rings. The van der Waals surface area contributed by atoms with Crippen LogP contribution in [0, 0.1) is 0 Å². The van der Waals surface area contributed by atoms with Crippen LogP contribution in [0.2, 0.25) is 0 Å². The highest BCUT2D eigenvalue weighted by molar-refractivity contribution is 7.92. The highest BCUT2D eigenvalue weighted by Crippen LogP contribution is 2.36. The molecule has 1 aromatic rings. The zero-order valence-corrected chi connectivity index (χ0v) is 14.4. The van der Waals surface area contributed by atoms with Crippen LogP contribution >= 0.6 is 0 Å². The highest BCUT2D eigenvalue weighted by Gasteiger charge is 2.39. The van der Waals surface area contributed by atoms with Crippen LogP contribution < -0.4 is 5.32 Å². The Kier molecular flexibility index (Phi) is 4.36. The first-order valence-corrected chi connectivity index (χ1v) is 9.93. The molecular formula is C17H24N2O3S. The summed E-state index contributed by atoms with van der Waals surface area (Å²) in [7, 11) is -3.06. The number of sulfone groups is 1. The lowest BCUT2D eigenvalue weighted by atomic mass is 9.76. The number of benzene rings is 1. The van der Waals surface area contributed by atoms with Gasteiger partial charge in [0.2, 0.25) is 0 Å². The van der Waals surface area contributed by atoms with Gasteiger partial charge in [-0.25, -0.2) is 13.2 Å². The van der Waals surface area contributed by atoms with Gasteiger partial charge in [-0.2, -0.15) is 0 Å². The van der Waals surface area contributed by atoms with Crippen molar-refractivity contribution in [1.82, 2.24) is 10.2 Å². The van der Waals surface area contributed by atoms with Crippen LogP contribution in [0.25, 0.3) is 0 Å². The van der Waals surface area contributed by atoms with Crippen LogP contribution in [0.3, 0.4) is 0 Å². The van der Waals surface area contributed by atoms with Crippen LogP contribution in [-0.4, -0.2) is 49.0 Å². The minimum absolute atomic E-state index is 0.0588. The molecule has 0 aromatic heterocycles. The summed E-state index contributed by atoms with van der Waals surface area (Å²) < 4.78 is 23.8. The number of carbonyl (C=O) groups excluding carboxylic acids is 1. The third-order valence-corrected chi connectivity index (χ3v) is 7.63. The lowest BCUT2D eigenvalue weighted by Crippen LogP contribution is -2.59. The van der Waals surface area contributed by atoms with Crippen LogP contribution in [0.1, 0.15) is 38.2 Å². The summed E-state index contributed by atoms with van der Waals surface area (Å²) >= 11 is 0. The second-order valence-electron chi connectivity index (χ2n) is 6.73. The molecule has 2 fully saturated rings. The van der Waals surface area contributed by atoms with Gasteiger partial charge in [0, 0.05) is 18.6 Å². The third kappa shape index (κ3) is 3.22. The smallest absolute Gasteiger partial charge is 0.317 e. The van der Waals surface area contributed by atoms with Gasteiger partial charge in [-0.3, -0.25) is 0 Å². The highest BCUT2D eigenvalue weighted by atomic mass is 32.2. The van der Waals surface area contributed by atoms with Crippen molar-refractivity contribution in [2.75, 3.05) is 12.3 Å². The minimum atomic E-state index is -3.06. The Morgan fingerprint density at radius 2 is 1.83 bits per heavy atom. The molecule has 3 rings (SSSR count). The monoisotopic (exact) mass is 336 g/mol. The molecule has 1 saturated heterocycles. The van der Waals surface area contributed by atoms with Crippen molar-refractivity contribution >= 4 is 15.9 Å². The van der Waals surface area contributed by atoms with Crippen LogP contribution in [-0.2, 0) is 9.84 Å². The number of urea groups is 1. The van der Waals surface area contributed by atoms with Crippen LogP contribution in [0.15, 0.2) is 30.3 Å². The molecule has 1 aromatic carbocycles. The van der Waals surface area contributed by atoms with E-state index in [9.17, 15) is 13.2 Å². The SMILES string of the molecule is CC1C(C)S(=O)(=O)CCN1C(=O)NC1CC(c2ccccc2)C1. The maximum atomic E-state index is 12.4. The van der Waals surface area contributed by atoms with E-state index in [1.165, 1.54) is 5.56 Å². The van der Waals surface area contributed by atoms with Crippen LogP contribution in [0.5, 0.6) is 0 Å². The maximum Gasteiger partial charge on any atom is 0.317 e. The van der Waals surface area contributed by atoms with Crippen molar-refractivity contribution in [3.8, 4) is 0 Å². The fourth-order valence-corrected chi connectivity index (χ4v) is 5.02. The molecule has 2 atom stereocenters. The number of nitrogens with one attached hydrogen (secondary N) is 1. The molecule has 1 heterocycles. The predicted molar refractivity (Wildman–Crippen MR) is 90.2 cm³/mol. The van der Waals surface area contributed by atoms with Crippen molar-refractivity contribution in [2.45, 2.75) is 49.9 Å². The fraction of sp³-hybridized carbons (Fsp3) is 0.588. The zero-order chi connectivity index (χ0) is 16.6. The van der Waals surface area contributed by atoms with E-state index in [0.29, 0.717) is 5.92 Å². The molecule has 1 aliphatic heterocycles. The second kappa shape index (κ2) is 6.15. The van der Waals surface area contributed by atoms with E-state index in [-0.39, 0.29) is 30.4 Å². The molecule has 0 spiro atoms. The van der Waals surface area contributed by atoms with Gasteiger partial charge in [-0.15, -0.1) is 0 Å². The average molecular weight is 336 g/mol. The first-order chi connectivity index (χ1) is 10.9. The van der Waals surface area contributed by atoms with E-state index in [1.54, 1.807) is 11.8 Å². The summed E-state index contributed by atoms with van der Waals surface area (Å²) in [5.41, 5.74) is 1.32. The van der Waals surface area contributed by atoms with Crippen molar-refractivity contribution < 1.29 is 13.2 Å². The summed E-state index contributed by atoms with van der Waals surface area (Å²) in [5.74, 6) is 0.572. The standard InChI is InChI=1S/C17H24N2O3S/c1-12-13(2)23(21,22)9-8-19(12)17(20)18-16-10-15(11-16)14-6-4-3-5-7-14/h3-7,12-13,15-16H,8-11H2,1-2H3,(H,18,20). The van der Waals surface area contributed by atoms with Crippen molar-refractivity contribution in [1.29, 1.82) is 0 Å². The van der Waals surface area contributed by atoms with Gasteiger partial charge in [-0.05, 0) is 38.2 Å². The van der Waals surface area contributed by atoms with Gasteiger partial charge in [0.15, 0.2) is 9.84 Å². The zero-order valence-electron chi connectivity index (χ0n) is 13.6. The van der Waals surface area contributed by atoms with Crippen LogP contribution in [0.4, 0.5) is 4.79 Å². The first kappa shape index (κ1) is 16.3. The van der Waals surface area contributed by atoms with E-state index in [4.69, 9.17) is 0 Å². The quantitative estimate of drug-likeness (QED) is 0.900. The molecule has 2 amide bonds. The number of hydrogen-bond donors (Lipinski definition) is 1. The predicted octanol–water partition coefficient (Wildman–Crippen LogP) is 2.15. The summed E-state index contributed by atoms with van der Waals surface area (Å²) in [6, 6.07) is 10.1. The topological polar surface area (TPSA) is 66.5 Å². The summed E-state index contributed by atoms with van der Waals surface area (Å²) in [6.45, 7) is 3.79. The van der Waals surface area contributed by atoms with Gasteiger partial charge < -0.3 is 10.2 Å². The number of rotatable bonds is 2. The Balaban J connectivity index is 1.53. The molecule has 1 N–H and O–H groups in total. The Morgan fingerprint density at radius 1 is 1.17 bits per heavy atom. The van der Waals surface area contributed by atoms with Gasteiger partial charge in [0.1, 0.15) is 0 Å². The number of hydrogen-bond acceptors (Lipinski definition) is 3. The van der Waals surface area contributed by atoms with Crippen molar-refractivity contribution in [2.24, 2.45) is 0 Å².